The average molecular weight is 325 g/mol. The molecule has 0 aliphatic heterocycles. The zero-order valence-corrected chi connectivity index (χ0v) is 12.7. The van der Waals surface area contributed by atoms with E-state index in [2.05, 4.69) is 5.10 Å². The molecule has 1 heterocycles. The third kappa shape index (κ3) is 2.28. The molecule has 0 saturated heterocycles. The van der Waals surface area contributed by atoms with E-state index in [4.69, 9.17) is 23.2 Å². The molecule has 1 aliphatic rings. The van der Waals surface area contributed by atoms with Gasteiger partial charge in [0.1, 0.15) is 12.1 Å². The summed E-state index contributed by atoms with van der Waals surface area (Å²) in [5.41, 5.74) is 3.42. The van der Waals surface area contributed by atoms with Gasteiger partial charge in [0.25, 0.3) is 0 Å². The lowest BCUT2D eigenvalue weighted by atomic mass is 9.94. The summed E-state index contributed by atoms with van der Waals surface area (Å²) in [7, 11) is 1.78. The molecule has 0 unspecified atom stereocenters. The van der Waals surface area contributed by atoms with Gasteiger partial charge in [0, 0.05) is 23.7 Å². The Kier molecular flexibility index (Phi) is 3.59. The highest BCUT2D eigenvalue weighted by molar-refractivity contribution is 6.51. The number of fused-ring (bicyclic) bond motifs is 1. The lowest BCUT2D eigenvalue weighted by molar-refractivity contribution is -0.105. The van der Waals surface area contributed by atoms with Crippen LogP contribution in [0.5, 0.6) is 0 Å². The second kappa shape index (κ2) is 5.28. The molecule has 1 aromatic heterocycles. The van der Waals surface area contributed by atoms with E-state index >= 15 is 0 Å². The molecule has 0 radical (unpaired) electrons. The van der Waals surface area contributed by atoms with Gasteiger partial charge in [-0.15, -0.1) is 0 Å². The number of carbonyl (C=O) groups is 1. The lowest BCUT2D eigenvalue weighted by Gasteiger charge is -2.14. The molecule has 0 fully saturated rings. The number of hydrogen-bond donors (Lipinski definition) is 0. The molecule has 0 saturated carbocycles. The van der Waals surface area contributed by atoms with Crippen LogP contribution < -0.4 is 0 Å². The van der Waals surface area contributed by atoms with Crippen LogP contribution in [0.2, 0.25) is 5.02 Å². The summed E-state index contributed by atoms with van der Waals surface area (Å²) in [5, 5.41) is 5.12. The molecule has 0 atom stereocenters. The monoisotopic (exact) mass is 324 g/mol. The second-order valence-electron chi connectivity index (χ2n) is 4.88. The third-order valence-corrected chi connectivity index (χ3v) is 4.33. The van der Waals surface area contributed by atoms with Crippen molar-refractivity contribution in [1.29, 1.82) is 0 Å². The van der Waals surface area contributed by atoms with Crippen molar-refractivity contribution in [3.63, 3.8) is 0 Å². The molecule has 0 spiro atoms. The fourth-order valence-electron chi connectivity index (χ4n) is 2.61. The van der Waals surface area contributed by atoms with Crippen molar-refractivity contribution >= 4 is 34.5 Å². The molecule has 0 N–H and O–H groups in total. The van der Waals surface area contributed by atoms with Gasteiger partial charge < -0.3 is 0 Å². The molecular formula is C15H11Cl2FN2O. The fraction of sp³-hybridized carbons (Fsp3) is 0.200. The number of allylic oxidation sites excluding steroid dienone is 1. The Morgan fingerprint density at radius 2 is 2.10 bits per heavy atom. The molecule has 108 valence electrons. The second-order valence-corrected chi connectivity index (χ2v) is 5.66. The topological polar surface area (TPSA) is 34.9 Å². The van der Waals surface area contributed by atoms with Crippen LogP contribution in [0, 0.1) is 5.82 Å². The van der Waals surface area contributed by atoms with E-state index in [9.17, 15) is 9.18 Å². The number of aromatic nitrogens is 2. The molecule has 1 aromatic carbocycles. The summed E-state index contributed by atoms with van der Waals surface area (Å²) in [5.74, 6) is -0.407. The Labute approximate surface area is 131 Å². The summed E-state index contributed by atoms with van der Waals surface area (Å²) in [4.78, 5) is 11.1. The Morgan fingerprint density at radius 3 is 2.76 bits per heavy atom. The molecular weight excluding hydrogens is 314 g/mol. The summed E-state index contributed by atoms with van der Waals surface area (Å²) >= 11 is 12.5. The Balaban J connectivity index is 2.29. The van der Waals surface area contributed by atoms with Gasteiger partial charge in [-0.05, 0) is 31.0 Å². The highest BCUT2D eigenvalue weighted by atomic mass is 35.5. The Hall–Kier alpha value is -1.65. The molecule has 2 aromatic rings. The lowest BCUT2D eigenvalue weighted by Crippen LogP contribution is -2.02. The maximum absolute atomic E-state index is 13.2. The van der Waals surface area contributed by atoms with Crippen LogP contribution in [0.15, 0.2) is 23.8 Å². The van der Waals surface area contributed by atoms with Crippen LogP contribution in [0.25, 0.3) is 16.3 Å². The van der Waals surface area contributed by atoms with E-state index < -0.39 is 5.82 Å². The number of aldehydes is 1. The number of hydrogen-bond acceptors (Lipinski definition) is 2. The van der Waals surface area contributed by atoms with Gasteiger partial charge in [-0.3, -0.25) is 9.48 Å². The minimum atomic E-state index is -0.407. The number of aryl methyl sites for hydroxylation is 2. The minimum Gasteiger partial charge on any atom is -0.298 e. The van der Waals surface area contributed by atoms with E-state index in [0.717, 1.165) is 12.0 Å². The molecule has 0 amide bonds. The van der Waals surface area contributed by atoms with Crippen molar-refractivity contribution < 1.29 is 9.18 Å². The Morgan fingerprint density at radius 1 is 1.33 bits per heavy atom. The predicted molar refractivity (Wildman–Crippen MR) is 80.8 cm³/mol. The van der Waals surface area contributed by atoms with Crippen LogP contribution >= 0.6 is 23.2 Å². The van der Waals surface area contributed by atoms with Crippen LogP contribution in [-0.4, -0.2) is 16.1 Å². The normalized spacial score (nSPS) is 14.3. The number of benzene rings is 1. The van der Waals surface area contributed by atoms with Crippen LogP contribution in [0.1, 0.15) is 17.7 Å². The van der Waals surface area contributed by atoms with Crippen LogP contribution in [-0.2, 0) is 18.3 Å². The van der Waals surface area contributed by atoms with Gasteiger partial charge in [0.2, 0.25) is 0 Å². The zero-order chi connectivity index (χ0) is 15.1. The summed E-state index contributed by atoms with van der Waals surface area (Å²) < 4.78 is 14.9. The highest BCUT2D eigenvalue weighted by Gasteiger charge is 2.27. The van der Waals surface area contributed by atoms with Gasteiger partial charge >= 0.3 is 0 Å². The van der Waals surface area contributed by atoms with Gasteiger partial charge in [0.15, 0.2) is 0 Å². The molecule has 21 heavy (non-hydrogen) atoms. The van der Waals surface area contributed by atoms with Crippen molar-refractivity contribution in [2.75, 3.05) is 0 Å². The van der Waals surface area contributed by atoms with Crippen molar-refractivity contribution in [2.24, 2.45) is 7.05 Å². The number of carbonyl (C=O) groups excluding carboxylic acids is 1. The first kappa shape index (κ1) is 14.3. The van der Waals surface area contributed by atoms with E-state index in [-0.39, 0.29) is 5.02 Å². The SMILES string of the molecule is Cn1nc2c(c1-c1ccc(F)cc1Cl)C(Cl)=C(C=O)CC2. The largest absolute Gasteiger partial charge is 0.298 e. The van der Waals surface area contributed by atoms with E-state index in [1.807, 2.05) is 0 Å². The van der Waals surface area contributed by atoms with Crippen LogP contribution in [0.3, 0.4) is 0 Å². The van der Waals surface area contributed by atoms with Crippen molar-refractivity contribution in [1.82, 2.24) is 9.78 Å². The summed E-state index contributed by atoms with van der Waals surface area (Å²) in [6.45, 7) is 0. The average Bonchev–Trinajstić information content (AvgIpc) is 2.77. The molecule has 3 nitrogen and oxygen atoms in total. The van der Waals surface area contributed by atoms with Gasteiger partial charge in [-0.25, -0.2) is 4.39 Å². The minimum absolute atomic E-state index is 0.281. The van der Waals surface area contributed by atoms with E-state index in [1.54, 1.807) is 17.8 Å². The molecule has 0 bridgehead atoms. The number of nitrogens with zero attached hydrogens (tertiary/aromatic N) is 2. The van der Waals surface area contributed by atoms with Crippen LogP contribution in [0.4, 0.5) is 4.39 Å². The zero-order valence-electron chi connectivity index (χ0n) is 11.2. The summed E-state index contributed by atoms with van der Waals surface area (Å²) in [6, 6.07) is 4.17. The standard InChI is InChI=1S/C15H11Cl2FN2O/c1-20-15(10-4-3-9(18)6-11(10)16)13-12(19-20)5-2-8(7-21)14(13)17/h3-4,6-7H,2,5H2,1H3. The maximum Gasteiger partial charge on any atom is 0.147 e. The predicted octanol–water partition coefficient (Wildman–Crippen LogP) is 3.97. The molecule has 1 aliphatic carbocycles. The fourth-order valence-corrected chi connectivity index (χ4v) is 3.20. The first-order valence-corrected chi connectivity index (χ1v) is 7.14. The first-order chi connectivity index (χ1) is 10.0. The van der Waals surface area contributed by atoms with E-state index in [0.29, 0.717) is 40.3 Å². The van der Waals surface area contributed by atoms with Gasteiger partial charge in [-0.1, -0.05) is 23.2 Å². The maximum atomic E-state index is 13.2. The third-order valence-electron chi connectivity index (χ3n) is 3.58. The van der Waals surface area contributed by atoms with E-state index in [1.165, 1.54) is 12.1 Å². The van der Waals surface area contributed by atoms with Gasteiger partial charge in [0.05, 0.1) is 21.4 Å². The Bertz CT molecular complexity index is 780. The number of halogens is 3. The van der Waals surface area contributed by atoms with Gasteiger partial charge in [-0.2, -0.15) is 5.10 Å². The summed E-state index contributed by atoms with van der Waals surface area (Å²) in [6.07, 6.45) is 1.99. The first-order valence-electron chi connectivity index (χ1n) is 6.38. The number of rotatable bonds is 2. The van der Waals surface area contributed by atoms with Crippen molar-refractivity contribution in [2.45, 2.75) is 12.8 Å². The molecule has 6 heteroatoms. The smallest absolute Gasteiger partial charge is 0.147 e. The van der Waals surface area contributed by atoms with Crippen molar-refractivity contribution in [3.8, 4) is 11.3 Å². The van der Waals surface area contributed by atoms with Crippen molar-refractivity contribution in [3.05, 3.63) is 45.9 Å². The molecule has 3 rings (SSSR count). The quantitative estimate of drug-likeness (QED) is 0.783. The highest BCUT2D eigenvalue weighted by Crippen LogP contribution is 2.41.